The van der Waals surface area contributed by atoms with Gasteiger partial charge in [-0.05, 0) is 42.3 Å². The van der Waals surface area contributed by atoms with E-state index in [1.54, 1.807) is 49.2 Å². The molecule has 1 aliphatic rings. The van der Waals surface area contributed by atoms with Gasteiger partial charge in [-0.1, -0.05) is 12.1 Å². The van der Waals surface area contributed by atoms with Crippen LogP contribution in [0.5, 0.6) is 5.75 Å². The van der Waals surface area contributed by atoms with E-state index in [4.69, 9.17) is 4.74 Å². The molecule has 13 heteroatoms. The fourth-order valence-corrected chi connectivity index (χ4v) is 5.45. The second-order valence-electron chi connectivity index (χ2n) is 10.6. The van der Waals surface area contributed by atoms with Crippen molar-refractivity contribution in [3.8, 4) is 16.9 Å². The molecule has 3 heterocycles. The number of nitrogens with one attached hydrogen (secondary N) is 1. The topological polar surface area (TPSA) is 115 Å². The van der Waals surface area contributed by atoms with Gasteiger partial charge in [0.15, 0.2) is 0 Å². The molecule has 11 nitrogen and oxygen atoms in total. The maximum atomic E-state index is 13.2. The van der Waals surface area contributed by atoms with E-state index < -0.39 is 6.61 Å². The lowest BCUT2D eigenvalue weighted by Crippen LogP contribution is -2.53. The van der Waals surface area contributed by atoms with E-state index in [1.807, 2.05) is 28.9 Å². The Morgan fingerprint density at radius 2 is 1.81 bits per heavy atom. The first-order valence-electron chi connectivity index (χ1n) is 13.9. The van der Waals surface area contributed by atoms with Gasteiger partial charge in [0.1, 0.15) is 5.75 Å². The molecule has 0 bridgehead atoms. The van der Waals surface area contributed by atoms with Gasteiger partial charge in [-0.3, -0.25) is 23.7 Å². The molecule has 0 aliphatic carbocycles. The average Bonchev–Trinajstić information content (AvgIpc) is 3.21. The molecule has 5 rings (SSSR count). The van der Waals surface area contributed by atoms with E-state index in [2.05, 4.69) is 15.3 Å². The van der Waals surface area contributed by atoms with Crippen LogP contribution in [-0.4, -0.2) is 68.3 Å². The molecule has 1 fully saturated rings. The number of aromatic nitrogens is 4. The van der Waals surface area contributed by atoms with Crippen LogP contribution in [-0.2, 0) is 29.7 Å². The van der Waals surface area contributed by atoms with Crippen molar-refractivity contribution in [1.29, 1.82) is 0 Å². The van der Waals surface area contributed by atoms with Gasteiger partial charge in [-0.25, -0.2) is 9.97 Å². The molecule has 1 saturated heterocycles. The molecule has 1 aliphatic heterocycles. The van der Waals surface area contributed by atoms with E-state index >= 15 is 0 Å². The first-order valence-corrected chi connectivity index (χ1v) is 13.9. The third kappa shape index (κ3) is 6.35. The van der Waals surface area contributed by atoms with Crippen molar-refractivity contribution in [3.63, 3.8) is 0 Å². The van der Waals surface area contributed by atoms with Crippen LogP contribution in [0, 0.1) is 0 Å². The van der Waals surface area contributed by atoms with Gasteiger partial charge in [0.2, 0.25) is 17.8 Å². The molecule has 4 aromatic rings. The lowest BCUT2D eigenvalue weighted by atomic mass is 10.1. The number of hydrogen-bond donors (Lipinski definition) is 1. The van der Waals surface area contributed by atoms with Crippen LogP contribution in [0.15, 0.2) is 53.6 Å². The number of carbonyl (C=O) groups is 2. The fourth-order valence-electron chi connectivity index (χ4n) is 5.45. The molecule has 0 spiro atoms. The largest absolute Gasteiger partial charge is 0.434 e. The van der Waals surface area contributed by atoms with Gasteiger partial charge in [0.05, 0.1) is 17.4 Å². The van der Waals surface area contributed by atoms with Crippen molar-refractivity contribution in [2.75, 3.05) is 24.5 Å². The Kier molecular flexibility index (Phi) is 8.42. The number of piperazine rings is 1. The van der Waals surface area contributed by atoms with Crippen LogP contribution in [0.25, 0.3) is 22.0 Å². The summed E-state index contributed by atoms with van der Waals surface area (Å²) in [6.07, 6.45) is 3.44. The van der Waals surface area contributed by atoms with E-state index in [-0.39, 0.29) is 42.3 Å². The van der Waals surface area contributed by atoms with Crippen LogP contribution < -0.4 is 20.5 Å². The molecule has 0 radical (unpaired) electrons. The predicted molar refractivity (Wildman–Crippen MR) is 157 cm³/mol. The van der Waals surface area contributed by atoms with Gasteiger partial charge in [-0.2, -0.15) is 8.78 Å². The highest BCUT2D eigenvalue weighted by atomic mass is 19.3. The highest BCUT2D eigenvalue weighted by Crippen LogP contribution is 2.27. The van der Waals surface area contributed by atoms with Crippen LogP contribution in [0.1, 0.15) is 31.9 Å². The minimum Gasteiger partial charge on any atom is -0.434 e. The number of nitrogens with zero attached hydrogens (tertiary/aromatic N) is 6. The third-order valence-electron chi connectivity index (χ3n) is 7.65. The Hall–Kier alpha value is -4.81. The first kappa shape index (κ1) is 29.7. The molecule has 2 amide bonds. The Bertz CT molecular complexity index is 1720. The number of anilines is 1. The van der Waals surface area contributed by atoms with Crippen LogP contribution >= 0.6 is 0 Å². The summed E-state index contributed by atoms with van der Waals surface area (Å²) in [5.74, 6) is 0.383. The summed E-state index contributed by atoms with van der Waals surface area (Å²) in [6, 6.07) is 10.2. The molecule has 43 heavy (non-hydrogen) atoms. The van der Waals surface area contributed by atoms with Crippen molar-refractivity contribution in [2.24, 2.45) is 7.05 Å². The molecule has 1 N–H and O–H groups in total. The normalized spacial score (nSPS) is 15.3. The number of hydrogen-bond acceptors (Lipinski definition) is 7. The first-order chi connectivity index (χ1) is 20.5. The van der Waals surface area contributed by atoms with Crippen molar-refractivity contribution in [3.05, 3.63) is 70.3 Å². The van der Waals surface area contributed by atoms with Crippen LogP contribution in [0.2, 0.25) is 0 Å². The van der Waals surface area contributed by atoms with Crippen molar-refractivity contribution < 1.29 is 23.1 Å². The van der Waals surface area contributed by atoms with E-state index in [9.17, 15) is 23.2 Å². The molecule has 226 valence electrons. The number of amides is 2. The van der Waals surface area contributed by atoms with Gasteiger partial charge in [-0.15, -0.1) is 0 Å². The lowest BCUT2D eigenvalue weighted by Gasteiger charge is -2.39. The molecule has 0 saturated carbocycles. The summed E-state index contributed by atoms with van der Waals surface area (Å²) >= 11 is 0. The average molecular weight is 594 g/mol. The summed E-state index contributed by atoms with van der Waals surface area (Å²) in [7, 11) is 1.61. The smallest absolute Gasteiger partial charge is 0.387 e. The number of fused-ring (bicyclic) bond motifs is 1. The number of carbonyl (C=O) groups excluding carboxylic acids is 2. The molecule has 2 aromatic carbocycles. The maximum absolute atomic E-state index is 13.2. The standard InChI is InChI=1S/C30H33F2N7O4/c1-18-16-37(9-10-38(18)20(3)41)30-34-14-24(15-35-30)22-6-7-25-26(12-22)39(36(4)28(25)42)17-23-11-21(13-33-19(2)40)5-8-27(23)43-29(31)32/h5-8,11-12,14-15,18,29H,9-10,13,16-17H2,1-4H3,(H,33,40)/t18-/m1/s1. The van der Waals surface area contributed by atoms with Crippen LogP contribution in [0.4, 0.5) is 14.7 Å². The van der Waals surface area contributed by atoms with Crippen molar-refractivity contribution in [2.45, 2.75) is 46.5 Å². The van der Waals surface area contributed by atoms with E-state index in [0.717, 1.165) is 11.1 Å². The number of benzene rings is 2. The van der Waals surface area contributed by atoms with Gasteiger partial charge >= 0.3 is 6.61 Å². The second-order valence-corrected chi connectivity index (χ2v) is 10.6. The molecule has 0 unspecified atom stereocenters. The zero-order valence-electron chi connectivity index (χ0n) is 24.4. The maximum Gasteiger partial charge on any atom is 0.387 e. The van der Waals surface area contributed by atoms with Crippen molar-refractivity contribution >= 4 is 28.7 Å². The SMILES string of the molecule is CC(=O)NCc1ccc(OC(F)F)c(Cn2c3cc(-c4cnc(N5CCN(C(C)=O)[C@H](C)C5)nc4)ccc3c(=O)n2C)c1. The minimum absolute atomic E-state index is 0.0190. The monoisotopic (exact) mass is 593 g/mol. The molecule has 2 aromatic heterocycles. The summed E-state index contributed by atoms with van der Waals surface area (Å²) in [6.45, 7) is 4.08. The second kappa shape index (κ2) is 12.2. The summed E-state index contributed by atoms with van der Waals surface area (Å²) in [4.78, 5) is 49.3. The fraction of sp³-hybridized carbons (Fsp3) is 0.367. The highest BCUT2D eigenvalue weighted by molar-refractivity contribution is 5.84. The Morgan fingerprint density at radius 3 is 2.47 bits per heavy atom. The number of ether oxygens (including phenoxy) is 1. The van der Waals surface area contributed by atoms with Crippen LogP contribution in [0.3, 0.4) is 0 Å². The van der Waals surface area contributed by atoms with Gasteiger partial charge in [0, 0.05) is 76.6 Å². The summed E-state index contributed by atoms with van der Waals surface area (Å²) in [5.41, 5.74) is 2.99. The number of halogens is 2. The van der Waals surface area contributed by atoms with Gasteiger partial charge in [0.25, 0.3) is 5.56 Å². The zero-order chi connectivity index (χ0) is 30.8. The Balaban J connectivity index is 1.45. The summed E-state index contributed by atoms with van der Waals surface area (Å²) in [5, 5.41) is 3.16. The number of rotatable bonds is 8. The Morgan fingerprint density at radius 1 is 1.07 bits per heavy atom. The quantitative estimate of drug-likeness (QED) is 0.334. The third-order valence-corrected chi connectivity index (χ3v) is 7.65. The summed E-state index contributed by atoms with van der Waals surface area (Å²) < 4.78 is 34.3. The van der Waals surface area contributed by atoms with Crippen molar-refractivity contribution in [1.82, 2.24) is 29.5 Å². The predicted octanol–water partition coefficient (Wildman–Crippen LogP) is 3.14. The van der Waals surface area contributed by atoms with E-state index in [1.165, 1.54) is 17.7 Å². The molecular weight excluding hydrogens is 560 g/mol. The minimum atomic E-state index is -3.03. The Labute approximate surface area is 246 Å². The number of alkyl halides is 2. The van der Waals surface area contributed by atoms with E-state index in [0.29, 0.717) is 47.6 Å². The molecular formula is C30H33F2N7O4. The molecule has 1 atom stereocenters. The zero-order valence-corrected chi connectivity index (χ0v) is 24.4. The highest BCUT2D eigenvalue weighted by Gasteiger charge is 2.26. The lowest BCUT2D eigenvalue weighted by molar-refractivity contribution is -0.131. The van der Waals surface area contributed by atoms with Gasteiger partial charge < -0.3 is 19.9 Å².